The molecule has 5 nitrogen and oxygen atoms in total. The van der Waals surface area contributed by atoms with Crippen LogP contribution in [0, 0.1) is 0 Å². The molecule has 2 aromatic carbocycles. The van der Waals surface area contributed by atoms with Gasteiger partial charge in [0.15, 0.2) is 5.43 Å². The molecule has 0 aliphatic carbocycles. The van der Waals surface area contributed by atoms with Gasteiger partial charge in [-0.15, -0.1) is 0 Å². The van der Waals surface area contributed by atoms with Gasteiger partial charge in [0.05, 0.1) is 11.6 Å². The van der Waals surface area contributed by atoms with E-state index in [0.29, 0.717) is 23.1 Å². The maximum absolute atomic E-state index is 12.7. The van der Waals surface area contributed by atoms with Crippen LogP contribution in [-0.4, -0.2) is 41.1 Å². The van der Waals surface area contributed by atoms with Crippen LogP contribution in [0.3, 0.4) is 0 Å². The van der Waals surface area contributed by atoms with Crippen LogP contribution >= 0.6 is 0 Å². The van der Waals surface area contributed by atoms with Crippen LogP contribution < -0.4 is 5.43 Å². The predicted octanol–water partition coefficient (Wildman–Crippen LogP) is 2.82. The quantitative estimate of drug-likeness (QED) is 0.784. The molecule has 0 atom stereocenters. The monoisotopic (exact) mass is 350 g/mol. The van der Waals surface area contributed by atoms with Gasteiger partial charge in [-0.25, -0.2) is 0 Å². The highest BCUT2D eigenvalue weighted by atomic mass is 16.3. The van der Waals surface area contributed by atoms with Gasteiger partial charge in [0.1, 0.15) is 11.3 Å². The largest absolute Gasteiger partial charge is 0.508 e. The van der Waals surface area contributed by atoms with E-state index < -0.39 is 0 Å². The van der Waals surface area contributed by atoms with Gasteiger partial charge in [0.25, 0.3) is 0 Å². The maximum Gasteiger partial charge on any atom is 0.197 e. The molecule has 5 heteroatoms. The fraction of sp³-hybridized carbons (Fsp3) is 0.286. The average molecular weight is 350 g/mol. The summed E-state index contributed by atoms with van der Waals surface area (Å²) in [5, 5.41) is 10.1. The molecular formula is C21H22N2O3. The summed E-state index contributed by atoms with van der Waals surface area (Å²) in [7, 11) is 0. The lowest BCUT2D eigenvalue weighted by molar-refractivity contribution is 0.121. The van der Waals surface area contributed by atoms with E-state index in [9.17, 15) is 9.90 Å². The van der Waals surface area contributed by atoms with E-state index in [-0.39, 0.29) is 11.2 Å². The third-order valence-corrected chi connectivity index (χ3v) is 4.94. The first-order chi connectivity index (χ1) is 12.7. The summed E-state index contributed by atoms with van der Waals surface area (Å²) in [5.41, 5.74) is 2.41. The van der Waals surface area contributed by atoms with Crippen LogP contribution in [0.1, 0.15) is 11.1 Å². The first-order valence-corrected chi connectivity index (χ1v) is 8.91. The van der Waals surface area contributed by atoms with Crippen molar-refractivity contribution in [1.82, 2.24) is 9.80 Å². The van der Waals surface area contributed by atoms with Crippen LogP contribution in [0.5, 0.6) is 5.75 Å². The van der Waals surface area contributed by atoms with Crippen molar-refractivity contribution >= 4 is 11.0 Å². The number of hydrogen-bond donors (Lipinski definition) is 1. The Morgan fingerprint density at radius 3 is 2.35 bits per heavy atom. The van der Waals surface area contributed by atoms with Gasteiger partial charge in [-0.2, -0.15) is 0 Å². The molecule has 0 amide bonds. The summed E-state index contributed by atoms with van der Waals surface area (Å²) in [4.78, 5) is 17.4. The third kappa shape index (κ3) is 3.64. The fourth-order valence-corrected chi connectivity index (χ4v) is 3.46. The second-order valence-corrected chi connectivity index (χ2v) is 6.81. The Balaban J connectivity index is 1.41. The molecule has 1 aromatic heterocycles. The van der Waals surface area contributed by atoms with Crippen LogP contribution in [0.2, 0.25) is 0 Å². The molecule has 1 fully saturated rings. The first-order valence-electron chi connectivity index (χ1n) is 8.91. The van der Waals surface area contributed by atoms with Crippen LogP contribution in [-0.2, 0) is 13.1 Å². The van der Waals surface area contributed by atoms with E-state index in [1.165, 1.54) is 17.7 Å². The Kier molecular flexibility index (Phi) is 4.73. The topological polar surface area (TPSA) is 56.9 Å². The van der Waals surface area contributed by atoms with Crippen molar-refractivity contribution in [2.45, 2.75) is 13.1 Å². The van der Waals surface area contributed by atoms with Gasteiger partial charge in [0.2, 0.25) is 0 Å². The molecule has 4 rings (SSSR count). The Labute approximate surface area is 152 Å². The van der Waals surface area contributed by atoms with E-state index in [4.69, 9.17) is 4.42 Å². The van der Waals surface area contributed by atoms with Crippen LogP contribution in [0.15, 0.2) is 64.0 Å². The second-order valence-electron chi connectivity index (χ2n) is 6.81. The molecule has 134 valence electrons. The van der Waals surface area contributed by atoms with Gasteiger partial charge in [-0.1, -0.05) is 30.3 Å². The van der Waals surface area contributed by atoms with Crippen molar-refractivity contribution in [3.63, 3.8) is 0 Å². The number of aromatic hydroxyl groups is 1. The molecule has 3 aromatic rings. The summed E-state index contributed by atoms with van der Waals surface area (Å²) < 4.78 is 5.57. The Bertz CT molecular complexity index is 944. The van der Waals surface area contributed by atoms with Crippen molar-refractivity contribution in [3.05, 3.63) is 76.1 Å². The van der Waals surface area contributed by atoms with Crippen molar-refractivity contribution < 1.29 is 9.52 Å². The van der Waals surface area contributed by atoms with Crippen molar-refractivity contribution in [3.8, 4) is 5.75 Å². The summed E-state index contributed by atoms with van der Waals surface area (Å²) in [5.74, 6) is 0.0801. The van der Waals surface area contributed by atoms with Crippen molar-refractivity contribution in [2.24, 2.45) is 0 Å². The standard InChI is InChI=1S/C21H22N2O3/c24-18-6-7-20-19(12-18)21(25)17(15-26-20)14-23-10-8-22(9-11-23)13-16-4-2-1-3-5-16/h1-7,12,15,24H,8-11,13-14H2. The number of rotatable bonds is 4. The fourth-order valence-electron chi connectivity index (χ4n) is 3.46. The second kappa shape index (κ2) is 7.32. The minimum Gasteiger partial charge on any atom is -0.508 e. The van der Waals surface area contributed by atoms with Gasteiger partial charge < -0.3 is 9.52 Å². The summed E-state index contributed by atoms with van der Waals surface area (Å²) in [6, 6.07) is 15.1. The molecule has 0 unspecified atom stereocenters. The van der Waals surface area contributed by atoms with Crippen molar-refractivity contribution in [2.75, 3.05) is 26.2 Å². The number of hydrogen-bond acceptors (Lipinski definition) is 5. The lowest BCUT2D eigenvalue weighted by Crippen LogP contribution is -2.45. The molecule has 1 N–H and O–H groups in total. The van der Waals surface area contributed by atoms with Gasteiger partial charge in [0, 0.05) is 44.8 Å². The Morgan fingerprint density at radius 1 is 0.923 bits per heavy atom. The minimum atomic E-state index is -0.0612. The zero-order chi connectivity index (χ0) is 17.9. The first kappa shape index (κ1) is 16.8. The average Bonchev–Trinajstić information content (AvgIpc) is 2.67. The smallest absolute Gasteiger partial charge is 0.197 e. The predicted molar refractivity (Wildman–Crippen MR) is 101 cm³/mol. The number of phenols is 1. The molecule has 0 bridgehead atoms. The normalized spacial score (nSPS) is 16.2. The van der Waals surface area contributed by atoms with Crippen LogP contribution in [0.4, 0.5) is 0 Å². The zero-order valence-electron chi connectivity index (χ0n) is 14.6. The molecule has 1 saturated heterocycles. The van der Waals surface area contributed by atoms with E-state index in [1.807, 2.05) is 6.07 Å². The Hall–Kier alpha value is -2.63. The number of piperazine rings is 1. The van der Waals surface area contributed by atoms with Gasteiger partial charge in [-0.05, 0) is 23.8 Å². The molecule has 26 heavy (non-hydrogen) atoms. The van der Waals surface area contributed by atoms with Crippen LogP contribution in [0.25, 0.3) is 11.0 Å². The number of phenolic OH excluding ortho intramolecular Hbond substituents is 1. The third-order valence-electron chi connectivity index (χ3n) is 4.94. The summed E-state index contributed by atoms with van der Waals surface area (Å²) in [6.45, 7) is 5.34. The van der Waals surface area contributed by atoms with E-state index >= 15 is 0 Å². The zero-order valence-corrected chi connectivity index (χ0v) is 14.6. The molecular weight excluding hydrogens is 328 g/mol. The molecule has 0 radical (unpaired) electrons. The SMILES string of the molecule is O=c1c(CN2CCN(Cc3ccccc3)CC2)coc2ccc(O)cc12. The maximum atomic E-state index is 12.7. The molecule has 1 aliphatic heterocycles. The Morgan fingerprint density at radius 2 is 1.62 bits per heavy atom. The summed E-state index contributed by atoms with van der Waals surface area (Å²) >= 11 is 0. The molecule has 2 heterocycles. The number of benzene rings is 2. The number of nitrogens with zero attached hydrogens (tertiary/aromatic N) is 2. The minimum absolute atomic E-state index is 0.0612. The van der Waals surface area contributed by atoms with Gasteiger partial charge >= 0.3 is 0 Å². The van der Waals surface area contributed by atoms with Crippen molar-refractivity contribution in [1.29, 1.82) is 0 Å². The van der Waals surface area contributed by atoms with E-state index in [0.717, 1.165) is 32.7 Å². The lowest BCUT2D eigenvalue weighted by Gasteiger charge is -2.34. The molecule has 0 spiro atoms. The molecule has 1 aliphatic rings. The van der Waals surface area contributed by atoms with Gasteiger partial charge in [-0.3, -0.25) is 14.6 Å². The molecule has 0 saturated carbocycles. The lowest BCUT2D eigenvalue weighted by atomic mass is 10.1. The van der Waals surface area contributed by atoms with E-state index in [2.05, 4.69) is 34.1 Å². The highest BCUT2D eigenvalue weighted by Crippen LogP contribution is 2.18. The number of fused-ring (bicyclic) bond motifs is 1. The van der Waals surface area contributed by atoms with E-state index in [1.54, 1.807) is 12.3 Å². The summed E-state index contributed by atoms with van der Waals surface area (Å²) in [6.07, 6.45) is 1.55. The highest BCUT2D eigenvalue weighted by Gasteiger charge is 2.19. The highest BCUT2D eigenvalue weighted by molar-refractivity contribution is 5.78.